The number of anilines is 1. The molecule has 0 aliphatic carbocycles. The molecule has 2 aromatic carbocycles. The van der Waals surface area contributed by atoms with Crippen LogP contribution in [0.25, 0.3) is 5.69 Å². The first-order chi connectivity index (χ1) is 14.9. The molecule has 10 heteroatoms. The lowest BCUT2D eigenvalue weighted by atomic mass is 10.2. The van der Waals surface area contributed by atoms with Crippen LogP contribution in [0.2, 0.25) is 0 Å². The minimum atomic E-state index is -0.494. The molecule has 0 unspecified atom stereocenters. The molecule has 0 radical (unpaired) electrons. The SMILES string of the molecule is CCCCOc1ccc(OC)cc1NC(=O)c1nnn(-c2cccc([N+](=O)[O-])c2)c1C. The highest BCUT2D eigenvalue weighted by atomic mass is 16.6. The molecular formula is C21H23N5O5. The molecule has 1 heterocycles. The molecule has 0 saturated heterocycles. The van der Waals surface area contributed by atoms with Crippen LogP contribution in [0.3, 0.4) is 0 Å². The summed E-state index contributed by atoms with van der Waals surface area (Å²) in [5.74, 6) is 0.601. The van der Waals surface area contributed by atoms with E-state index in [4.69, 9.17) is 9.47 Å². The monoisotopic (exact) mass is 425 g/mol. The van der Waals surface area contributed by atoms with E-state index in [0.717, 1.165) is 12.8 Å². The Hall–Kier alpha value is -3.95. The molecule has 162 valence electrons. The molecule has 0 bridgehead atoms. The Labute approximate surface area is 178 Å². The third kappa shape index (κ3) is 4.97. The number of hydrogen-bond donors (Lipinski definition) is 1. The lowest BCUT2D eigenvalue weighted by molar-refractivity contribution is -0.384. The number of non-ortho nitro benzene ring substituents is 1. The van der Waals surface area contributed by atoms with Gasteiger partial charge in [0, 0.05) is 18.2 Å². The number of ether oxygens (including phenoxy) is 2. The zero-order valence-electron chi connectivity index (χ0n) is 17.5. The largest absolute Gasteiger partial charge is 0.497 e. The number of carbonyl (C=O) groups is 1. The van der Waals surface area contributed by atoms with E-state index in [9.17, 15) is 14.9 Å². The topological polar surface area (TPSA) is 121 Å². The average molecular weight is 425 g/mol. The van der Waals surface area contributed by atoms with Gasteiger partial charge in [-0.05, 0) is 31.5 Å². The molecular weight excluding hydrogens is 402 g/mol. The Morgan fingerprint density at radius 1 is 1.26 bits per heavy atom. The van der Waals surface area contributed by atoms with Gasteiger partial charge in [0.25, 0.3) is 11.6 Å². The summed E-state index contributed by atoms with van der Waals surface area (Å²) in [5.41, 5.74) is 1.33. The lowest BCUT2D eigenvalue weighted by Crippen LogP contribution is -2.15. The molecule has 0 spiro atoms. The van der Waals surface area contributed by atoms with Crippen LogP contribution in [0.15, 0.2) is 42.5 Å². The highest BCUT2D eigenvalue weighted by molar-refractivity contribution is 6.04. The molecule has 31 heavy (non-hydrogen) atoms. The molecule has 0 aliphatic rings. The van der Waals surface area contributed by atoms with Crippen LogP contribution in [0.5, 0.6) is 11.5 Å². The summed E-state index contributed by atoms with van der Waals surface area (Å²) in [6, 6.07) is 11.1. The van der Waals surface area contributed by atoms with Gasteiger partial charge >= 0.3 is 0 Å². The van der Waals surface area contributed by atoms with Crippen molar-refractivity contribution >= 4 is 17.3 Å². The maximum Gasteiger partial charge on any atom is 0.278 e. The standard InChI is InChI=1S/C21H23N5O5/c1-4-5-11-31-19-10-9-17(30-3)13-18(19)22-21(27)20-14(2)25(24-23-20)15-7-6-8-16(12-15)26(28)29/h6-10,12-13H,4-5,11H2,1-3H3,(H,22,27). The third-order valence-electron chi connectivity index (χ3n) is 4.59. The van der Waals surface area contributed by atoms with Gasteiger partial charge in [-0.2, -0.15) is 0 Å². The summed E-state index contributed by atoms with van der Waals surface area (Å²) < 4.78 is 12.4. The van der Waals surface area contributed by atoms with E-state index in [0.29, 0.717) is 35.2 Å². The van der Waals surface area contributed by atoms with Crippen molar-refractivity contribution in [2.24, 2.45) is 0 Å². The fourth-order valence-corrected chi connectivity index (χ4v) is 2.89. The number of nitro benzene ring substituents is 1. The highest BCUT2D eigenvalue weighted by Gasteiger charge is 2.20. The van der Waals surface area contributed by atoms with Crippen LogP contribution < -0.4 is 14.8 Å². The van der Waals surface area contributed by atoms with Crippen LogP contribution in [0.4, 0.5) is 11.4 Å². The predicted molar refractivity (Wildman–Crippen MR) is 114 cm³/mol. The number of carbonyl (C=O) groups excluding carboxylic acids is 1. The Morgan fingerprint density at radius 2 is 2.06 bits per heavy atom. The molecule has 0 saturated carbocycles. The first kappa shape index (κ1) is 21.8. The van der Waals surface area contributed by atoms with Gasteiger partial charge in [0.15, 0.2) is 5.69 Å². The van der Waals surface area contributed by atoms with Crippen LogP contribution in [0.1, 0.15) is 35.9 Å². The zero-order chi connectivity index (χ0) is 22.4. The molecule has 0 fully saturated rings. The highest BCUT2D eigenvalue weighted by Crippen LogP contribution is 2.30. The van der Waals surface area contributed by atoms with Crippen molar-refractivity contribution in [2.45, 2.75) is 26.7 Å². The van der Waals surface area contributed by atoms with Crippen molar-refractivity contribution < 1.29 is 19.2 Å². The van der Waals surface area contributed by atoms with E-state index < -0.39 is 10.8 Å². The summed E-state index contributed by atoms with van der Waals surface area (Å²) in [5, 5.41) is 21.8. The van der Waals surface area contributed by atoms with Gasteiger partial charge in [0.1, 0.15) is 11.5 Å². The molecule has 1 aromatic heterocycles. The number of benzene rings is 2. The second-order valence-corrected chi connectivity index (χ2v) is 6.73. The Bertz CT molecular complexity index is 1100. The van der Waals surface area contributed by atoms with E-state index in [1.165, 1.54) is 23.9 Å². The first-order valence-corrected chi connectivity index (χ1v) is 9.74. The second kappa shape index (κ2) is 9.70. The number of methoxy groups -OCH3 is 1. The average Bonchev–Trinajstić information content (AvgIpc) is 3.16. The minimum Gasteiger partial charge on any atom is -0.497 e. The molecule has 1 amide bonds. The molecule has 1 N–H and O–H groups in total. The maximum atomic E-state index is 12.9. The summed E-state index contributed by atoms with van der Waals surface area (Å²) in [6.07, 6.45) is 1.87. The van der Waals surface area contributed by atoms with Gasteiger partial charge in [0.05, 0.1) is 35.7 Å². The van der Waals surface area contributed by atoms with Crippen LogP contribution in [-0.2, 0) is 0 Å². The van der Waals surface area contributed by atoms with E-state index in [2.05, 4.69) is 22.6 Å². The fourth-order valence-electron chi connectivity index (χ4n) is 2.89. The quantitative estimate of drug-likeness (QED) is 0.313. The number of hydrogen-bond acceptors (Lipinski definition) is 7. The number of amides is 1. The van der Waals surface area contributed by atoms with Crippen molar-refractivity contribution in [3.05, 3.63) is 64.0 Å². The maximum absolute atomic E-state index is 12.9. The number of unbranched alkanes of at least 4 members (excludes halogenated alkanes) is 1. The van der Waals surface area contributed by atoms with Crippen molar-refractivity contribution in [3.8, 4) is 17.2 Å². The zero-order valence-corrected chi connectivity index (χ0v) is 17.5. The Balaban J connectivity index is 1.86. The molecule has 3 rings (SSSR count). The predicted octanol–water partition coefficient (Wildman–Crippen LogP) is 3.92. The van der Waals surface area contributed by atoms with E-state index in [1.807, 2.05) is 0 Å². The first-order valence-electron chi connectivity index (χ1n) is 9.74. The van der Waals surface area contributed by atoms with Gasteiger partial charge in [-0.1, -0.05) is 24.6 Å². The van der Waals surface area contributed by atoms with Gasteiger partial charge in [-0.3, -0.25) is 14.9 Å². The van der Waals surface area contributed by atoms with Crippen molar-refractivity contribution in [1.29, 1.82) is 0 Å². The van der Waals surface area contributed by atoms with E-state index in [-0.39, 0.29) is 11.4 Å². The summed E-state index contributed by atoms with van der Waals surface area (Å²) in [7, 11) is 1.54. The van der Waals surface area contributed by atoms with Gasteiger partial charge in [0.2, 0.25) is 0 Å². The number of nitrogens with one attached hydrogen (secondary N) is 1. The van der Waals surface area contributed by atoms with Crippen LogP contribution in [0, 0.1) is 17.0 Å². The van der Waals surface area contributed by atoms with Crippen molar-refractivity contribution in [2.75, 3.05) is 19.0 Å². The normalized spacial score (nSPS) is 10.5. The number of nitro groups is 1. The molecule has 0 atom stereocenters. The van der Waals surface area contributed by atoms with Crippen molar-refractivity contribution in [1.82, 2.24) is 15.0 Å². The van der Waals surface area contributed by atoms with E-state index >= 15 is 0 Å². The van der Waals surface area contributed by atoms with Gasteiger partial charge in [-0.25, -0.2) is 4.68 Å². The van der Waals surface area contributed by atoms with Crippen molar-refractivity contribution in [3.63, 3.8) is 0 Å². The molecule has 3 aromatic rings. The minimum absolute atomic E-state index is 0.0800. The number of rotatable bonds is 9. The van der Waals surface area contributed by atoms with Gasteiger partial charge in [-0.15, -0.1) is 5.10 Å². The van der Waals surface area contributed by atoms with Crippen LogP contribution in [-0.4, -0.2) is 39.5 Å². The number of aromatic nitrogens is 3. The number of nitrogens with zero attached hydrogens (tertiary/aromatic N) is 4. The smallest absolute Gasteiger partial charge is 0.278 e. The van der Waals surface area contributed by atoms with Crippen LogP contribution >= 0.6 is 0 Å². The van der Waals surface area contributed by atoms with Gasteiger partial charge < -0.3 is 14.8 Å². The lowest BCUT2D eigenvalue weighted by Gasteiger charge is -2.13. The molecule has 0 aliphatic heterocycles. The second-order valence-electron chi connectivity index (χ2n) is 6.73. The molecule has 10 nitrogen and oxygen atoms in total. The Morgan fingerprint density at radius 3 is 2.77 bits per heavy atom. The summed E-state index contributed by atoms with van der Waals surface area (Å²) >= 11 is 0. The Kier molecular flexibility index (Phi) is 6.81. The third-order valence-corrected chi connectivity index (χ3v) is 4.59. The fraction of sp³-hybridized carbons (Fsp3) is 0.286. The van der Waals surface area contributed by atoms with E-state index in [1.54, 1.807) is 37.3 Å². The summed E-state index contributed by atoms with van der Waals surface area (Å²) in [4.78, 5) is 23.4. The summed E-state index contributed by atoms with van der Waals surface area (Å²) in [6.45, 7) is 4.25.